The minimum Gasteiger partial charge on any atom is -0.496 e. The third-order valence-electron chi connectivity index (χ3n) is 3.94. The Balaban J connectivity index is 1.66. The maximum Gasteiger partial charge on any atom is 0.258 e. The topological polar surface area (TPSA) is 92.3 Å². The Morgan fingerprint density at radius 1 is 1.26 bits per heavy atom. The number of nitrogens with one attached hydrogen (secondary N) is 1. The molecule has 0 bridgehead atoms. The molecular weight excluding hydrogens is 362 g/mol. The maximum atomic E-state index is 12.4. The average Bonchev–Trinajstić information content (AvgIpc) is 3.28. The van der Waals surface area contributed by atoms with Crippen molar-refractivity contribution in [1.29, 1.82) is 5.26 Å². The Kier molecular flexibility index (Phi) is 4.28. The Labute approximate surface area is 158 Å². The molecule has 27 heavy (non-hydrogen) atoms. The second kappa shape index (κ2) is 6.90. The summed E-state index contributed by atoms with van der Waals surface area (Å²) >= 11 is 1.42. The number of amides is 1. The molecule has 0 fully saturated rings. The van der Waals surface area contributed by atoms with Crippen LogP contribution in [0, 0.1) is 11.3 Å². The molecule has 0 spiro atoms. The molecule has 1 N–H and O–H groups in total. The van der Waals surface area contributed by atoms with Crippen LogP contribution in [-0.4, -0.2) is 27.6 Å². The number of para-hydroxylation sites is 1. The lowest BCUT2D eigenvalue weighted by molar-refractivity contribution is 0.102. The number of carbonyl (C=O) groups excluding carboxylic acids is 1. The van der Waals surface area contributed by atoms with Crippen LogP contribution in [0.5, 0.6) is 5.75 Å². The molecule has 7 nitrogen and oxygen atoms in total. The number of ether oxygens (including phenoxy) is 1. The number of methoxy groups -OCH3 is 1. The number of anilines is 1. The number of thiazole rings is 1. The van der Waals surface area contributed by atoms with E-state index in [4.69, 9.17) is 10.00 Å². The molecule has 0 aliphatic heterocycles. The lowest BCUT2D eigenvalue weighted by atomic mass is 10.1. The molecule has 0 radical (unpaired) electrons. The zero-order valence-corrected chi connectivity index (χ0v) is 15.0. The first-order chi connectivity index (χ1) is 13.2. The van der Waals surface area contributed by atoms with Gasteiger partial charge in [0.15, 0.2) is 0 Å². The highest BCUT2D eigenvalue weighted by molar-refractivity contribution is 7.15. The maximum absolute atomic E-state index is 12.4. The van der Waals surface area contributed by atoms with Crippen LogP contribution in [0.15, 0.2) is 53.9 Å². The molecule has 2 aromatic heterocycles. The van der Waals surface area contributed by atoms with Crippen LogP contribution in [0.3, 0.4) is 0 Å². The summed E-state index contributed by atoms with van der Waals surface area (Å²) in [5, 5.41) is 18.0. The fourth-order valence-corrected chi connectivity index (χ4v) is 3.50. The molecule has 1 amide bonds. The quantitative estimate of drug-likeness (QED) is 0.588. The van der Waals surface area contributed by atoms with Gasteiger partial charge in [0.05, 0.1) is 24.4 Å². The number of aromatic nitrogens is 3. The summed E-state index contributed by atoms with van der Waals surface area (Å²) in [6.45, 7) is 0. The number of hydrogen-bond donors (Lipinski definition) is 1. The van der Waals surface area contributed by atoms with E-state index in [-0.39, 0.29) is 11.9 Å². The zero-order valence-electron chi connectivity index (χ0n) is 14.2. The lowest BCUT2D eigenvalue weighted by Crippen LogP contribution is -2.13. The fourth-order valence-electron chi connectivity index (χ4n) is 2.68. The summed E-state index contributed by atoms with van der Waals surface area (Å²) in [6, 6.07) is 16.1. The number of benzene rings is 2. The Morgan fingerprint density at radius 2 is 2.11 bits per heavy atom. The molecule has 0 saturated carbocycles. The van der Waals surface area contributed by atoms with E-state index < -0.39 is 0 Å². The van der Waals surface area contributed by atoms with Crippen molar-refractivity contribution in [2.75, 3.05) is 12.4 Å². The molecule has 0 aliphatic rings. The van der Waals surface area contributed by atoms with Crippen LogP contribution in [0.2, 0.25) is 0 Å². The highest BCUT2D eigenvalue weighted by Gasteiger charge is 2.16. The number of nitriles is 1. The van der Waals surface area contributed by atoms with Gasteiger partial charge in [0.1, 0.15) is 5.75 Å². The van der Waals surface area contributed by atoms with Gasteiger partial charge in [-0.3, -0.25) is 10.1 Å². The van der Waals surface area contributed by atoms with Crippen LogP contribution >= 0.6 is 11.3 Å². The zero-order chi connectivity index (χ0) is 18.8. The molecule has 0 atom stereocenters. The molecule has 0 saturated heterocycles. The van der Waals surface area contributed by atoms with Gasteiger partial charge in [-0.1, -0.05) is 18.2 Å². The summed E-state index contributed by atoms with van der Waals surface area (Å²) in [4.78, 5) is 17.4. The van der Waals surface area contributed by atoms with Gasteiger partial charge in [0, 0.05) is 16.5 Å². The van der Waals surface area contributed by atoms with E-state index in [1.807, 2.05) is 35.7 Å². The predicted molar refractivity (Wildman–Crippen MR) is 102 cm³/mol. The Morgan fingerprint density at radius 3 is 2.93 bits per heavy atom. The first-order valence-corrected chi connectivity index (χ1v) is 8.87. The van der Waals surface area contributed by atoms with Crippen molar-refractivity contribution in [3.63, 3.8) is 0 Å². The van der Waals surface area contributed by atoms with Crippen molar-refractivity contribution in [3.8, 4) is 23.1 Å². The SMILES string of the molecule is COc1ccccc1-c1csc2nc(NC(=O)c3cccc(C#N)c3)nn12. The van der Waals surface area contributed by atoms with Gasteiger partial charge in [-0.25, -0.2) is 4.52 Å². The highest BCUT2D eigenvalue weighted by atomic mass is 32.1. The average molecular weight is 375 g/mol. The van der Waals surface area contributed by atoms with Gasteiger partial charge in [-0.2, -0.15) is 10.2 Å². The Hall–Kier alpha value is -3.70. The summed E-state index contributed by atoms with van der Waals surface area (Å²) in [6.07, 6.45) is 0. The molecule has 4 aromatic rings. The van der Waals surface area contributed by atoms with E-state index >= 15 is 0 Å². The molecular formula is C19H13N5O2S. The minimum atomic E-state index is -0.371. The van der Waals surface area contributed by atoms with Crippen LogP contribution in [0.4, 0.5) is 5.95 Å². The first-order valence-electron chi connectivity index (χ1n) is 7.99. The third kappa shape index (κ3) is 3.12. The molecule has 4 rings (SSSR count). The van der Waals surface area contributed by atoms with Gasteiger partial charge >= 0.3 is 0 Å². The Bertz CT molecular complexity index is 1190. The largest absolute Gasteiger partial charge is 0.496 e. The summed E-state index contributed by atoms with van der Waals surface area (Å²) in [7, 11) is 1.62. The van der Waals surface area contributed by atoms with E-state index in [9.17, 15) is 4.79 Å². The lowest BCUT2D eigenvalue weighted by Gasteiger charge is -2.06. The highest BCUT2D eigenvalue weighted by Crippen LogP contribution is 2.32. The van der Waals surface area contributed by atoms with E-state index in [0.717, 1.165) is 17.0 Å². The molecule has 8 heteroatoms. The van der Waals surface area contributed by atoms with Crippen molar-refractivity contribution in [3.05, 3.63) is 65.0 Å². The van der Waals surface area contributed by atoms with Gasteiger partial charge in [0.2, 0.25) is 4.96 Å². The van der Waals surface area contributed by atoms with Crippen molar-refractivity contribution < 1.29 is 9.53 Å². The minimum absolute atomic E-state index is 0.199. The normalized spacial score (nSPS) is 10.5. The third-order valence-corrected chi connectivity index (χ3v) is 4.76. The van der Waals surface area contributed by atoms with Gasteiger partial charge < -0.3 is 4.74 Å². The number of carbonyl (C=O) groups is 1. The van der Waals surface area contributed by atoms with Gasteiger partial charge in [-0.15, -0.1) is 16.4 Å². The van der Waals surface area contributed by atoms with Gasteiger partial charge in [0.25, 0.3) is 11.9 Å². The molecule has 2 aromatic carbocycles. The van der Waals surface area contributed by atoms with Crippen LogP contribution in [-0.2, 0) is 0 Å². The monoisotopic (exact) mass is 375 g/mol. The summed E-state index contributed by atoms with van der Waals surface area (Å²) < 4.78 is 7.09. The summed E-state index contributed by atoms with van der Waals surface area (Å²) in [5.41, 5.74) is 2.50. The van der Waals surface area contributed by atoms with E-state index in [1.54, 1.807) is 29.8 Å². The number of hydrogen-bond acceptors (Lipinski definition) is 6. The van der Waals surface area contributed by atoms with Crippen molar-refractivity contribution in [2.24, 2.45) is 0 Å². The second-order valence-corrected chi connectivity index (χ2v) is 6.43. The summed E-state index contributed by atoms with van der Waals surface area (Å²) in [5.74, 6) is 0.557. The predicted octanol–water partition coefficient (Wildman–Crippen LogP) is 3.59. The molecule has 0 unspecified atom stereocenters. The van der Waals surface area contributed by atoms with Crippen LogP contribution in [0.25, 0.3) is 16.2 Å². The number of rotatable bonds is 4. The van der Waals surface area contributed by atoms with Gasteiger partial charge in [-0.05, 0) is 30.3 Å². The van der Waals surface area contributed by atoms with Crippen molar-refractivity contribution >= 4 is 28.2 Å². The van der Waals surface area contributed by atoms with E-state index in [0.29, 0.717) is 16.1 Å². The molecule has 132 valence electrons. The van der Waals surface area contributed by atoms with Crippen molar-refractivity contribution in [1.82, 2.24) is 14.6 Å². The van der Waals surface area contributed by atoms with Crippen LogP contribution < -0.4 is 10.1 Å². The fraction of sp³-hybridized carbons (Fsp3) is 0.0526. The first kappa shape index (κ1) is 16.8. The molecule has 2 heterocycles. The second-order valence-electron chi connectivity index (χ2n) is 5.60. The van der Waals surface area contributed by atoms with E-state index in [1.165, 1.54) is 17.4 Å². The number of fused-ring (bicyclic) bond motifs is 1. The number of nitrogens with zero attached hydrogens (tertiary/aromatic N) is 4. The van der Waals surface area contributed by atoms with Crippen molar-refractivity contribution in [2.45, 2.75) is 0 Å². The molecule has 0 aliphatic carbocycles. The smallest absolute Gasteiger partial charge is 0.258 e. The van der Waals surface area contributed by atoms with E-state index in [2.05, 4.69) is 15.4 Å². The van der Waals surface area contributed by atoms with Crippen LogP contribution in [0.1, 0.15) is 15.9 Å². The standard InChI is InChI=1S/C19H13N5O2S/c1-26-16-8-3-2-7-14(16)15-11-27-19-22-18(23-24(15)19)21-17(25)13-6-4-5-12(9-13)10-20/h2-9,11H,1H3,(H,21,23,25).